The van der Waals surface area contributed by atoms with Crippen molar-refractivity contribution in [2.45, 2.75) is 20.3 Å². The lowest BCUT2D eigenvalue weighted by Gasteiger charge is -2.16. The van der Waals surface area contributed by atoms with E-state index in [9.17, 15) is 9.59 Å². The Bertz CT molecular complexity index is 816. The number of aryl methyl sites for hydroxylation is 2. The standard InChI is InChI=1S/C19H18ClNO3/c1-12-4-6-15(10-13(12)2)24-9-3-8-21-17-7-5-14(20)11-16(17)18(22)19(21)23/h4-7,10-11H,3,8-9H2,1-2H3. The Labute approximate surface area is 146 Å². The Hall–Kier alpha value is -2.33. The molecule has 1 aliphatic rings. The predicted octanol–water partition coefficient (Wildman–Crippen LogP) is 3.96. The molecule has 0 saturated carbocycles. The molecule has 1 amide bonds. The van der Waals surface area contributed by atoms with Crippen LogP contribution in [0.4, 0.5) is 5.69 Å². The van der Waals surface area contributed by atoms with Gasteiger partial charge in [-0.2, -0.15) is 0 Å². The molecule has 2 aromatic rings. The molecule has 1 aliphatic heterocycles. The van der Waals surface area contributed by atoms with Gasteiger partial charge in [0, 0.05) is 11.6 Å². The Balaban J connectivity index is 1.60. The maximum atomic E-state index is 12.1. The van der Waals surface area contributed by atoms with Crippen LogP contribution in [-0.4, -0.2) is 24.8 Å². The second-order valence-corrected chi connectivity index (χ2v) is 6.33. The minimum Gasteiger partial charge on any atom is -0.494 e. The number of anilines is 1. The molecule has 0 radical (unpaired) electrons. The molecule has 0 fully saturated rings. The van der Waals surface area contributed by atoms with E-state index >= 15 is 0 Å². The SMILES string of the molecule is Cc1ccc(OCCCN2C(=O)C(=O)c3cc(Cl)ccc32)cc1C. The van der Waals surface area contributed by atoms with E-state index in [2.05, 4.69) is 6.92 Å². The fourth-order valence-electron chi connectivity index (χ4n) is 2.71. The first-order valence-corrected chi connectivity index (χ1v) is 8.21. The third kappa shape index (κ3) is 3.15. The number of rotatable bonds is 5. The van der Waals surface area contributed by atoms with Gasteiger partial charge in [0.2, 0.25) is 0 Å². The van der Waals surface area contributed by atoms with Crippen molar-refractivity contribution >= 4 is 29.0 Å². The van der Waals surface area contributed by atoms with Crippen LogP contribution < -0.4 is 9.64 Å². The summed E-state index contributed by atoms with van der Waals surface area (Å²) in [5, 5.41) is 0.454. The molecule has 0 aliphatic carbocycles. The highest BCUT2D eigenvalue weighted by molar-refractivity contribution is 6.52. The average molecular weight is 344 g/mol. The summed E-state index contributed by atoms with van der Waals surface area (Å²) in [6.45, 7) is 5.00. The number of halogens is 1. The summed E-state index contributed by atoms with van der Waals surface area (Å²) in [5.41, 5.74) is 3.40. The zero-order chi connectivity index (χ0) is 17.3. The molecule has 0 atom stereocenters. The minimum atomic E-state index is -0.501. The van der Waals surface area contributed by atoms with E-state index in [1.54, 1.807) is 18.2 Å². The van der Waals surface area contributed by atoms with Crippen molar-refractivity contribution in [2.75, 3.05) is 18.1 Å². The lowest BCUT2D eigenvalue weighted by atomic mass is 10.1. The molecule has 24 heavy (non-hydrogen) atoms. The number of nitrogens with zero attached hydrogens (tertiary/aromatic N) is 1. The molecular formula is C19H18ClNO3. The van der Waals surface area contributed by atoms with E-state index in [1.165, 1.54) is 16.0 Å². The molecule has 124 valence electrons. The van der Waals surface area contributed by atoms with Crippen LogP contribution in [0, 0.1) is 13.8 Å². The van der Waals surface area contributed by atoms with Gasteiger partial charge >= 0.3 is 0 Å². The number of hydrogen-bond acceptors (Lipinski definition) is 3. The Morgan fingerprint density at radius 3 is 2.58 bits per heavy atom. The highest BCUT2D eigenvalue weighted by atomic mass is 35.5. The van der Waals surface area contributed by atoms with E-state index in [1.807, 2.05) is 25.1 Å². The summed E-state index contributed by atoms with van der Waals surface area (Å²) in [4.78, 5) is 25.6. The second kappa shape index (κ2) is 6.65. The van der Waals surface area contributed by atoms with Crippen molar-refractivity contribution in [3.63, 3.8) is 0 Å². The van der Waals surface area contributed by atoms with Crippen molar-refractivity contribution < 1.29 is 14.3 Å². The van der Waals surface area contributed by atoms with E-state index in [4.69, 9.17) is 16.3 Å². The Morgan fingerprint density at radius 2 is 1.83 bits per heavy atom. The third-order valence-corrected chi connectivity index (χ3v) is 4.44. The molecule has 4 nitrogen and oxygen atoms in total. The van der Waals surface area contributed by atoms with Gasteiger partial charge in [-0.25, -0.2) is 0 Å². The zero-order valence-electron chi connectivity index (χ0n) is 13.6. The van der Waals surface area contributed by atoms with Crippen molar-refractivity contribution in [1.82, 2.24) is 0 Å². The molecular weight excluding hydrogens is 326 g/mol. The van der Waals surface area contributed by atoms with Crippen LogP contribution in [0.15, 0.2) is 36.4 Å². The van der Waals surface area contributed by atoms with E-state index in [0.717, 1.165) is 5.75 Å². The topological polar surface area (TPSA) is 46.6 Å². The van der Waals surface area contributed by atoms with Crippen molar-refractivity contribution in [2.24, 2.45) is 0 Å². The number of carbonyl (C=O) groups excluding carboxylic acids is 2. The quantitative estimate of drug-likeness (QED) is 0.610. The first kappa shape index (κ1) is 16.5. The van der Waals surface area contributed by atoms with E-state index < -0.39 is 11.7 Å². The number of carbonyl (C=O) groups is 2. The average Bonchev–Trinajstić information content (AvgIpc) is 2.79. The number of fused-ring (bicyclic) bond motifs is 1. The van der Waals surface area contributed by atoms with Gasteiger partial charge in [0.15, 0.2) is 0 Å². The number of ketones is 1. The summed E-state index contributed by atoms with van der Waals surface area (Å²) in [6, 6.07) is 10.9. The molecule has 1 heterocycles. The summed E-state index contributed by atoms with van der Waals surface area (Å²) in [6.07, 6.45) is 0.633. The first-order chi connectivity index (χ1) is 11.5. The van der Waals surface area contributed by atoms with Crippen molar-refractivity contribution in [1.29, 1.82) is 0 Å². The molecule has 0 unspecified atom stereocenters. The number of benzene rings is 2. The zero-order valence-corrected chi connectivity index (χ0v) is 14.4. The number of hydrogen-bond donors (Lipinski definition) is 0. The smallest absolute Gasteiger partial charge is 0.299 e. The molecule has 2 aromatic carbocycles. The minimum absolute atomic E-state index is 0.377. The third-order valence-electron chi connectivity index (χ3n) is 4.21. The molecule has 0 spiro atoms. The maximum absolute atomic E-state index is 12.1. The van der Waals surface area contributed by atoms with Gasteiger partial charge in [-0.15, -0.1) is 0 Å². The van der Waals surface area contributed by atoms with E-state index in [0.29, 0.717) is 35.8 Å². The van der Waals surface area contributed by atoms with Crippen LogP contribution in [0.3, 0.4) is 0 Å². The highest BCUT2D eigenvalue weighted by Crippen LogP contribution is 2.31. The van der Waals surface area contributed by atoms with Crippen LogP contribution in [-0.2, 0) is 4.79 Å². The lowest BCUT2D eigenvalue weighted by molar-refractivity contribution is -0.114. The van der Waals surface area contributed by atoms with Gasteiger partial charge in [0.25, 0.3) is 11.7 Å². The van der Waals surface area contributed by atoms with Crippen LogP contribution in [0.2, 0.25) is 5.02 Å². The number of ether oxygens (including phenoxy) is 1. The highest BCUT2D eigenvalue weighted by Gasteiger charge is 2.35. The fourth-order valence-corrected chi connectivity index (χ4v) is 2.88. The molecule has 0 bridgehead atoms. The molecule has 0 N–H and O–H groups in total. The molecule has 0 aromatic heterocycles. The van der Waals surface area contributed by atoms with Crippen molar-refractivity contribution in [3.05, 3.63) is 58.1 Å². The van der Waals surface area contributed by atoms with Gasteiger partial charge in [-0.1, -0.05) is 17.7 Å². The first-order valence-electron chi connectivity index (χ1n) is 7.83. The predicted molar refractivity (Wildman–Crippen MR) is 94.2 cm³/mol. The van der Waals surface area contributed by atoms with Gasteiger partial charge in [0.1, 0.15) is 5.75 Å². The van der Waals surface area contributed by atoms with Gasteiger partial charge in [-0.3, -0.25) is 9.59 Å². The van der Waals surface area contributed by atoms with Crippen LogP contribution in [0.5, 0.6) is 5.75 Å². The van der Waals surface area contributed by atoms with Crippen LogP contribution in [0.25, 0.3) is 0 Å². The number of Topliss-reactive ketones (excluding diaryl/α,β-unsaturated/α-hetero) is 1. The Kier molecular flexibility index (Phi) is 4.58. The molecule has 5 heteroatoms. The number of amides is 1. The Morgan fingerprint density at radius 1 is 1.04 bits per heavy atom. The van der Waals surface area contributed by atoms with Crippen LogP contribution in [0.1, 0.15) is 27.9 Å². The fraction of sp³-hybridized carbons (Fsp3) is 0.263. The van der Waals surface area contributed by atoms with Crippen LogP contribution >= 0.6 is 11.6 Å². The summed E-state index contributed by atoms with van der Waals surface area (Å²) >= 11 is 5.90. The second-order valence-electron chi connectivity index (χ2n) is 5.90. The van der Waals surface area contributed by atoms with Gasteiger partial charge in [-0.05, 0) is 61.7 Å². The van der Waals surface area contributed by atoms with Gasteiger partial charge in [0.05, 0.1) is 17.9 Å². The monoisotopic (exact) mass is 343 g/mol. The lowest BCUT2D eigenvalue weighted by Crippen LogP contribution is -2.31. The van der Waals surface area contributed by atoms with Gasteiger partial charge < -0.3 is 9.64 Å². The normalized spacial score (nSPS) is 13.4. The van der Waals surface area contributed by atoms with E-state index in [-0.39, 0.29) is 0 Å². The maximum Gasteiger partial charge on any atom is 0.299 e. The van der Waals surface area contributed by atoms with Crippen molar-refractivity contribution in [3.8, 4) is 5.75 Å². The largest absolute Gasteiger partial charge is 0.494 e. The summed E-state index contributed by atoms with van der Waals surface area (Å²) < 4.78 is 5.73. The molecule has 0 saturated heterocycles. The summed E-state index contributed by atoms with van der Waals surface area (Å²) in [7, 11) is 0. The summed E-state index contributed by atoms with van der Waals surface area (Å²) in [5.74, 6) is -0.185. The molecule has 3 rings (SSSR count).